The first kappa shape index (κ1) is 66.3. The molecule has 0 saturated heterocycles. The van der Waals surface area contributed by atoms with E-state index in [2.05, 4.69) is 310 Å². The second-order valence-corrected chi connectivity index (χ2v) is 35.7. The van der Waals surface area contributed by atoms with Gasteiger partial charge in [0.1, 0.15) is 27.7 Å². The van der Waals surface area contributed by atoms with Gasteiger partial charge >= 0.3 is 0 Å². The van der Waals surface area contributed by atoms with Crippen molar-refractivity contribution in [1.82, 2.24) is 43.1 Å². The monoisotopic (exact) mass is 1620 g/mol. The summed E-state index contributed by atoms with van der Waals surface area (Å²) in [4.78, 5) is 31.3. The van der Waals surface area contributed by atoms with Crippen molar-refractivity contribution in [3.63, 3.8) is 0 Å². The second-order valence-electron chi connectivity index (χ2n) is 32.6. The maximum absolute atomic E-state index is 6.43. The molecule has 0 amide bonds. The Morgan fingerprint density at radius 2 is 0.569 bits per heavy atom. The fourth-order valence-corrected chi connectivity index (χ4v) is 24.3. The van der Waals surface area contributed by atoms with Gasteiger partial charge < -0.3 is 4.42 Å². The zero-order valence-electron chi connectivity index (χ0n) is 65.1. The Kier molecular flexibility index (Phi) is 13.2. The van der Waals surface area contributed by atoms with E-state index in [1.807, 2.05) is 82.5 Å². The van der Waals surface area contributed by atoms with Crippen LogP contribution in [0.4, 0.5) is 0 Å². The quantitative estimate of drug-likeness (QED) is 0.174. The Bertz CT molecular complexity index is 10100. The van der Waals surface area contributed by atoms with E-state index in [1.54, 1.807) is 0 Å². The minimum Gasteiger partial charge on any atom is -0.455 e. The highest BCUT2D eigenvalue weighted by Crippen LogP contribution is 2.53. The van der Waals surface area contributed by atoms with Crippen molar-refractivity contribution < 1.29 is 4.42 Å². The molecule has 0 bridgehead atoms. The van der Waals surface area contributed by atoms with Crippen LogP contribution in [0.25, 0.3) is 286 Å². The fourth-order valence-electron chi connectivity index (χ4n) is 20.7. The predicted molar refractivity (Wildman–Crippen MR) is 520 cm³/mol. The minimum absolute atomic E-state index is 0.907. The zero-order valence-corrected chi connectivity index (χ0v) is 67.5. The molecule has 0 aliphatic heterocycles. The molecule has 0 spiro atoms. The third-order valence-electron chi connectivity index (χ3n) is 26.1. The third-order valence-corrected chi connectivity index (χ3v) is 29.7. The van der Waals surface area contributed by atoms with Crippen LogP contribution in [0.2, 0.25) is 0 Å². The summed E-state index contributed by atoms with van der Waals surface area (Å²) in [6, 6.07) is 124. The normalized spacial score (nSPS) is 12.6. The van der Waals surface area contributed by atoms with E-state index in [-0.39, 0.29) is 0 Å². The Hall–Kier alpha value is -15.6. The predicted octanol–water partition coefficient (Wildman–Crippen LogP) is 30.7. The van der Waals surface area contributed by atoms with Gasteiger partial charge in [-0.2, -0.15) is 0 Å². The molecular formula is C110H57N9OS3. The van der Waals surface area contributed by atoms with Crippen molar-refractivity contribution in [3.05, 3.63) is 346 Å². The molecule has 0 aliphatic carbocycles. The van der Waals surface area contributed by atoms with E-state index in [9.17, 15) is 0 Å². The molecule has 0 saturated carbocycles. The van der Waals surface area contributed by atoms with Gasteiger partial charge in [-0.25, -0.2) is 29.9 Å². The van der Waals surface area contributed by atoms with Crippen molar-refractivity contribution in [2.75, 3.05) is 0 Å². The lowest BCUT2D eigenvalue weighted by atomic mass is 9.96. The first-order valence-corrected chi connectivity index (χ1v) is 43.9. The number of nitrogens with zero attached hydrogens (tertiary/aromatic N) is 9. The summed E-state index contributed by atoms with van der Waals surface area (Å²) in [6.07, 6.45) is 0. The summed E-state index contributed by atoms with van der Waals surface area (Å²) in [5, 5.41) is 26.1. The molecule has 18 aromatic carbocycles. The Labute approximate surface area is 707 Å². The highest BCUT2D eigenvalue weighted by atomic mass is 32.1. The topological polar surface area (TPSA) is 104 Å². The smallest absolute Gasteiger partial charge is 0.165 e. The first-order chi connectivity index (χ1) is 61.0. The highest BCUT2D eigenvalue weighted by Gasteiger charge is 2.30. The summed E-state index contributed by atoms with van der Waals surface area (Å²) >= 11 is 5.57. The molecule has 0 N–H and O–H groups in total. The summed E-state index contributed by atoms with van der Waals surface area (Å²) in [7, 11) is 0. The van der Waals surface area contributed by atoms with Gasteiger partial charge in [-0.15, -0.1) is 34.0 Å². The summed E-state index contributed by atoms with van der Waals surface area (Å²) in [6.45, 7) is 0. The van der Waals surface area contributed by atoms with Crippen LogP contribution in [0.5, 0.6) is 0 Å². The Balaban J connectivity index is 0.0000000928. The second kappa shape index (κ2) is 24.5. The number of benzene rings is 18. The molecule has 566 valence electrons. The highest BCUT2D eigenvalue weighted by molar-refractivity contribution is 7.27. The molecule has 0 unspecified atom stereocenters. The summed E-state index contributed by atoms with van der Waals surface area (Å²) < 4.78 is 21.2. The maximum atomic E-state index is 6.43. The van der Waals surface area contributed by atoms with Crippen molar-refractivity contribution >= 4 is 286 Å². The lowest BCUT2D eigenvalue weighted by Gasteiger charge is -2.08. The molecule has 31 aromatic rings. The molecule has 13 heteroatoms. The largest absolute Gasteiger partial charge is 0.455 e. The number of hydrogen-bond donors (Lipinski definition) is 0. The van der Waals surface area contributed by atoms with E-state index >= 15 is 0 Å². The van der Waals surface area contributed by atoms with E-state index < -0.39 is 0 Å². The minimum atomic E-state index is 0.907. The van der Waals surface area contributed by atoms with Crippen LogP contribution >= 0.6 is 34.0 Å². The number of thiophene rings is 3. The molecule has 0 radical (unpaired) electrons. The average Bonchev–Trinajstić information content (AvgIpc) is 1.51. The van der Waals surface area contributed by atoms with Crippen LogP contribution in [0.15, 0.2) is 350 Å². The molecule has 0 atom stereocenters. The Morgan fingerprint density at radius 1 is 0.220 bits per heavy atom. The molecule has 13 heterocycles. The maximum Gasteiger partial charge on any atom is 0.165 e. The van der Waals surface area contributed by atoms with Crippen LogP contribution < -0.4 is 0 Å². The summed E-state index contributed by atoms with van der Waals surface area (Å²) in [5.41, 5.74) is 27.3. The third kappa shape index (κ3) is 9.17. The van der Waals surface area contributed by atoms with Crippen LogP contribution in [-0.4, -0.2) is 43.1 Å². The standard InChI is InChI=1S/C38H19N3OS.2C36H19N3S/c1-5-14-31-22(8-1)24-11-7-10-21(36(24)42-31)20-16-17-30-25(18-20)26-19-27-23-9-2-6-15-32(23)43-37(27)33-34-38(41(30)35(26)33)40-29-13-4-3-12-28(29)39-34;1-2-10-22-20(8-1)9-7-12-23(22)21-16-17-30-25(18-21)26-19-27-24-11-3-6-15-31(24)40-35(27)32-33-36(39(30)34(26)32)38-29-14-5-4-13-28(29)37-33;1-2-8-21-17-22(14-13-20(21)7-1)23-15-16-30-25(18-23)26-19-27-24-9-3-6-12-31(24)40-35(27)32-33-36(39(30)34(26)32)38-29-11-5-4-10-28(29)37-33/h1-19H;2*1-19H. The molecule has 31 rings (SSSR count). The van der Waals surface area contributed by atoms with Crippen LogP contribution in [0, 0.1) is 0 Å². The van der Waals surface area contributed by atoms with Crippen LogP contribution in [0.3, 0.4) is 0 Å². The number of para-hydroxylation sites is 8. The van der Waals surface area contributed by atoms with E-state index in [0.717, 1.165) is 105 Å². The van der Waals surface area contributed by atoms with Gasteiger partial charge in [-0.3, -0.25) is 13.2 Å². The SMILES string of the molecule is c1ccc2c(-c3ccc4c(c3)c3cc5c6ccccc6sc5c5c6nc7ccccc7nc6n4c35)cccc2c1.c1ccc2cc(-c3ccc4c(c3)c3cc5c6ccccc6sc5c5c6nc7ccccc7nc6n4c35)ccc2c1.c1ccc2nc3c(nc2c1)c1c2sc4ccccc4c2cc2c4cc(-c5cccc6c5oc5ccccc56)ccc4n3c21. The van der Waals surface area contributed by atoms with E-state index in [1.165, 1.54) is 180 Å². The van der Waals surface area contributed by atoms with E-state index in [4.69, 9.17) is 34.3 Å². The number of aromatic nitrogens is 9. The van der Waals surface area contributed by atoms with Crippen molar-refractivity contribution in [3.8, 4) is 33.4 Å². The summed E-state index contributed by atoms with van der Waals surface area (Å²) in [5.74, 6) is 0. The van der Waals surface area contributed by atoms with Gasteiger partial charge in [0.05, 0.1) is 66.2 Å². The Morgan fingerprint density at radius 3 is 1.07 bits per heavy atom. The van der Waals surface area contributed by atoms with E-state index in [0.29, 0.717) is 0 Å². The number of furan rings is 1. The first-order valence-electron chi connectivity index (χ1n) is 41.4. The van der Waals surface area contributed by atoms with Crippen molar-refractivity contribution in [2.45, 2.75) is 0 Å². The molecule has 123 heavy (non-hydrogen) atoms. The molecule has 13 aromatic heterocycles. The van der Waals surface area contributed by atoms with Gasteiger partial charge in [0.25, 0.3) is 0 Å². The van der Waals surface area contributed by atoms with Gasteiger partial charge in [0, 0.05) is 125 Å². The van der Waals surface area contributed by atoms with Crippen molar-refractivity contribution in [1.29, 1.82) is 0 Å². The number of rotatable bonds is 3. The molecular weight excluding hydrogens is 1560 g/mol. The fraction of sp³-hybridized carbons (Fsp3) is 0. The lowest BCUT2D eigenvalue weighted by molar-refractivity contribution is 0.670. The van der Waals surface area contributed by atoms with Gasteiger partial charge in [-0.05, 0) is 171 Å². The van der Waals surface area contributed by atoms with Gasteiger partial charge in [0.15, 0.2) is 16.9 Å². The van der Waals surface area contributed by atoms with Crippen LogP contribution in [-0.2, 0) is 0 Å². The molecule has 10 nitrogen and oxygen atoms in total. The molecule has 0 fully saturated rings. The lowest BCUT2D eigenvalue weighted by Crippen LogP contribution is -1.89. The van der Waals surface area contributed by atoms with Gasteiger partial charge in [0.2, 0.25) is 0 Å². The average molecular weight is 1620 g/mol. The van der Waals surface area contributed by atoms with Crippen molar-refractivity contribution in [2.24, 2.45) is 0 Å². The molecule has 0 aliphatic rings. The van der Waals surface area contributed by atoms with Gasteiger partial charge in [-0.1, -0.05) is 224 Å². The number of fused-ring (bicyclic) bond motifs is 38. The van der Waals surface area contributed by atoms with Crippen LogP contribution in [0.1, 0.15) is 0 Å². The number of hydrogen-bond acceptors (Lipinski definition) is 10. The zero-order chi connectivity index (χ0) is 79.7.